The quantitative estimate of drug-likeness (QED) is 0.793. The van der Waals surface area contributed by atoms with E-state index in [1.54, 1.807) is 0 Å². The van der Waals surface area contributed by atoms with Crippen molar-refractivity contribution in [3.05, 3.63) is 29.8 Å². The minimum atomic E-state index is -0.521. The summed E-state index contributed by atoms with van der Waals surface area (Å²) in [6.45, 7) is 3.44. The summed E-state index contributed by atoms with van der Waals surface area (Å²) >= 11 is 0. The smallest absolute Gasteiger partial charge is 0.173 e. The van der Waals surface area contributed by atoms with Gasteiger partial charge in [-0.25, -0.2) is 4.39 Å². The lowest BCUT2D eigenvalue weighted by Crippen LogP contribution is -2.33. The standard InChI is InChI=1S/C12H15FN2O/c1-2-12(4-6-15-8-12)11(16)9-3-5-14-7-10(9)13/h3,5,7,15H,2,4,6,8H2,1H3. The molecule has 0 aliphatic carbocycles. The van der Waals surface area contributed by atoms with Crippen molar-refractivity contribution in [1.82, 2.24) is 10.3 Å². The lowest BCUT2D eigenvalue weighted by Gasteiger charge is -2.24. The molecule has 16 heavy (non-hydrogen) atoms. The fourth-order valence-electron chi connectivity index (χ4n) is 2.24. The maximum atomic E-state index is 13.5. The van der Waals surface area contributed by atoms with Gasteiger partial charge in [0.05, 0.1) is 11.8 Å². The second-order valence-electron chi connectivity index (χ2n) is 4.25. The number of nitrogens with one attached hydrogen (secondary N) is 1. The lowest BCUT2D eigenvalue weighted by molar-refractivity contribution is 0.0806. The number of pyridine rings is 1. The maximum Gasteiger partial charge on any atom is 0.173 e. The Bertz CT molecular complexity index is 400. The van der Waals surface area contributed by atoms with Crippen LogP contribution >= 0.6 is 0 Å². The highest BCUT2D eigenvalue weighted by Gasteiger charge is 2.40. The predicted molar refractivity (Wildman–Crippen MR) is 58.7 cm³/mol. The average Bonchev–Trinajstić information content (AvgIpc) is 2.78. The van der Waals surface area contributed by atoms with Crippen LogP contribution in [-0.4, -0.2) is 23.9 Å². The molecule has 1 N–H and O–H groups in total. The summed E-state index contributed by atoms with van der Waals surface area (Å²) < 4.78 is 13.5. The number of hydrogen-bond acceptors (Lipinski definition) is 3. The van der Waals surface area contributed by atoms with Gasteiger partial charge in [0.25, 0.3) is 0 Å². The van der Waals surface area contributed by atoms with E-state index >= 15 is 0 Å². The van der Waals surface area contributed by atoms with E-state index in [0.29, 0.717) is 6.54 Å². The summed E-state index contributed by atoms with van der Waals surface area (Å²) in [4.78, 5) is 16.0. The van der Waals surface area contributed by atoms with Crippen LogP contribution in [0.25, 0.3) is 0 Å². The maximum absolute atomic E-state index is 13.5. The number of ketones is 1. The highest BCUT2D eigenvalue weighted by Crippen LogP contribution is 2.33. The number of hydrogen-bond donors (Lipinski definition) is 1. The molecule has 1 unspecified atom stereocenters. The van der Waals surface area contributed by atoms with E-state index in [9.17, 15) is 9.18 Å². The number of carbonyl (C=O) groups excluding carboxylic acids is 1. The number of nitrogens with zero attached hydrogens (tertiary/aromatic N) is 1. The Labute approximate surface area is 94.1 Å². The molecule has 0 saturated carbocycles. The van der Waals surface area contributed by atoms with Crippen LogP contribution in [0.15, 0.2) is 18.5 Å². The van der Waals surface area contributed by atoms with Gasteiger partial charge >= 0.3 is 0 Å². The van der Waals surface area contributed by atoms with Crippen molar-refractivity contribution in [3.8, 4) is 0 Å². The number of carbonyl (C=O) groups is 1. The van der Waals surface area contributed by atoms with Gasteiger partial charge in [0.2, 0.25) is 0 Å². The van der Waals surface area contributed by atoms with Crippen LogP contribution in [0, 0.1) is 11.2 Å². The first-order valence-corrected chi connectivity index (χ1v) is 5.55. The van der Waals surface area contributed by atoms with Gasteiger partial charge in [-0.15, -0.1) is 0 Å². The third-order valence-corrected chi connectivity index (χ3v) is 3.42. The summed E-state index contributed by atoms with van der Waals surface area (Å²) in [7, 11) is 0. The van der Waals surface area contributed by atoms with Crippen molar-refractivity contribution < 1.29 is 9.18 Å². The Balaban J connectivity index is 2.34. The molecular weight excluding hydrogens is 207 g/mol. The minimum absolute atomic E-state index is 0.0973. The molecule has 1 aromatic heterocycles. The zero-order valence-electron chi connectivity index (χ0n) is 9.29. The summed E-state index contributed by atoms with van der Waals surface area (Å²) in [5.41, 5.74) is -0.261. The molecule has 1 saturated heterocycles. The number of halogens is 1. The molecule has 1 aliphatic rings. The van der Waals surface area contributed by atoms with Crippen molar-refractivity contribution in [2.45, 2.75) is 19.8 Å². The first-order chi connectivity index (χ1) is 7.69. The van der Waals surface area contributed by atoms with E-state index in [1.165, 1.54) is 12.3 Å². The van der Waals surface area contributed by atoms with E-state index in [0.717, 1.165) is 25.6 Å². The van der Waals surface area contributed by atoms with Crippen molar-refractivity contribution in [2.75, 3.05) is 13.1 Å². The summed E-state index contributed by atoms with van der Waals surface area (Å²) in [6, 6.07) is 1.47. The van der Waals surface area contributed by atoms with E-state index in [2.05, 4.69) is 10.3 Å². The van der Waals surface area contributed by atoms with Crippen LogP contribution in [0.5, 0.6) is 0 Å². The zero-order chi connectivity index (χ0) is 11.6. The Morgan fingerprint density at radius 2 is 2.50 bits per heavy atom. The third-order valence-electron chi connectivity index (χ3n) is 3.42. The summed E-state index contributed by atoms with van der Waals surface area (Å²) in [6.07, 6.45) is 4.08. The van der Waals surface area contributed by atoms with Gasteiger partial charge in [0.1, 0.15) is 0 Å². The minimum Gasteiger partial charge on any atom is -0.316 e. The lowest BCUT2D eigenvalue weighted by atomic mass is 9.77. The zero-order valence-corrected chi connectivity index (χ0v) is 9.29. The topological polar surface area (TPSA) is 42.0 Å². The van der Waals surface area contributed by atoms with Crippen LogP contribution < -0.4 is 5.32 Å². The Hall–Kier alpha value is -1.29. The molecule has 3 nitrogen and oxygen atoms in total. The first-order valence-electron chi connectivity index (χ1n) is 5.55. The molecule has 1 fully saturated rings. The highest BCUT2D eigenvalue weighted by molar-refractivity contribution is 6.01. The van der Waals surface area contributed by atoms with E-state index < -0.39 is 11.2 Å². The second-order valence-corrected chi connectivity index (χ2v) is 4.25. The molecule has 1 atom stereocenters. The van der Waals surface area contributed by atoms with E-state index in [4.69, 9.17) is 0 Å². The molecule has 0 amide bonds. The molecule has 1 aromatic rings. The normalized spacial score (nSPS) is 24.6. The van der Waals surface area contributed by atoms with E-state index in [-0.39, 0.29) is 11.3 Å². The van der Waals surface area contributed by atoms with Crippen LogP contribution in [0.1, 0.15) is 30.1 Å². The van der Waals surface area contributed by atoms with Gasteiger partial charge in [0.15, 0.2) is 11.6 Å². The SMILES string of the molecule is CCC1(C(=O)c2ccncc2F)CCNC1. The van der Waals surface area contributed by atoms with Gasteiger partial charge in [-0.3, -0.25) is 9.78 Å². The van der Waals surface area contributed by atoms with Crippen molar-refractivity contribution in [2.24, 2.45) is 5.41 Å². The molecule has 86 valence electrons. The molecule has 1 aliphatic heterocycles. The molecule has 2 rings (SSSR count). The van der Waals surface area contributed by atoms with E-state index in [1.807, 2.05) is 6.92 Å². The Morgan fingerprint density at radius 1 is 1.69 bits per heavy atom. The fraction of sp³-hybridized carbons (Fsp3) is 0.500. The number of aromatic nitrogens is 1. The molecule has 0 radical (unpaired) electrons. The van der Waals surface area contributed by atoms with Gasteiger partial charge in [-0.1, -0.05) is 6.92 Å². The molecule has 4 heteroatoms. The third kappa shape index (κ3) is 1.73. The van der Waals surface area contributed by atoms with Crippen LogP contribution in [0.3, 0.4) is 0 Å². The van der Waals surface area contributed by atoms with Crippen molar-refractivity contribution >= 4 is 5.78 Å². The Morgan fingerprint density at radius 3 is 3.06 bits per heavy atom. The number of Topliss-reactive ketones (excluding diaryl/α,β-unsaturated/α-hetero) is 1. The van der Waals surface area contributed by atoms with Gasteiger partial charge in [0, 0.05) is 18.2 Å². The monoisotopic (exact) mass is 222 g/mol. The van der Waals surface area contributed by atoms with Gasteiger partial charge in [-0.05, 0) is 25.5 Å². The predicted octanol–water partition coefficient (Wildman–Crippen LogP) is 1.79. The number of rotatable bonds is 3. The summed E-state index contributed by atoms with van der Waals surface area (Å²) in [5.74, 6) is -0.618. The van der Waals surface area contributed by atoms with Crippen LogP contribution in [-0.2, 0) is 0 Å². The van der Waals surface area contributed by atoms with Crippen molar-refractivity contribution in [3.63, 3.8) is 0 Å². The highest BCUT2D eigenvalue weighted by atomic mass is 19.1. The van der Waals surface area contributed by atoms with Crippen LogP contribution in [0.2, 0.25) is 0 Å². The second kappa shape index (κ2) is 4.29. The average molecular weight is 222 g/mol. The van der Waals surface area contributed by atoms with Gasteiger partial charge < -0.3 is 5.32 Å². The first kappa shape index (κ1) is 11.2. The molecule has 0 bridgehead atoms. The molecular formula is C12H15FN2O. The molecule has 2 heterocycles. The Kier molecular flexibility index (Phi) is 3.01. The molecule has 0 aromatic carbocycles. The van der Waals surface area contributed by atoms with Crippen LogP contribution in [0.4, 0.5) is 4.39 Å². The fourth-order valence-corrected chi connectivity index (χ4v) is 2.24. The largest absolute Gasteiger partial charge is 0.316 e. The van der Waals surface area contributed by atoms with Crippen molar-refractivity contribution in [1.29, 1.82) is 0 Å². The van der Waals surface area contributed by atoms with Gasteiger partial charge in [-0.2, -0.15) is 0 Å². The molecule has 0 spiro atoms. The summed E-state index contributed by atoms with van der Waals surface area (Å²) in [5, 5.41) is 3.18.